The molecule has 3 rings (SSSR count). The molecule has 0 atom stereocenters. The molecule has 1 aliphatic carbocycles. The number of hydrogen-bond acceptors (Lipinski definition) is 4. The molecule has 7 nitrogen and oxygen atoms in total. The van der Waals surface area contributed by atoms with Crippen LogP contribution in [-0.2, 0) is 13.0 Å². The van der Waals surface area contributed by atoms with Crippen molar-refractivity contribution in [3.63, 3.8) is 0 Å². The lowest BCUT2D eigenvalue weighted by atomic mass is 9.83. The molecule has 32 heavy (non-hydrogen) atoms. The van der Waals surface area contributed by atoms with E-state index in [0.717, 1.165) is 61.8 Å². The van der Waals surface area contributed by atoms with Crippen molar-refractivity contribution >= 4 is 23.3 Å². The number of hydrogen-bond donors (Lipinski definition) is 4. The second kappa shape index (κ2) is 10.8. The van der Waals surface area contributed by atoms with Crippen LogP contribution >= 0.6 is 11.3 Å². The van der Waals surface area contributed by atoms with Crippen molar-refractivity contribution in [1.82, 2.24) is 15.6 Å². The zero-order valence-corrected chi connectivity index (χ0v) is 19.9. The normalized spacial score (nSPS) is 18.3. The van der Waals surface area contributed by atoms with Crippen molar-refractivity contribution in [2.45, 2.75) is 78.3 Å². The average molecular weight is 460 g/mol. The van der Waals surface area contributed by atoms with E-state index in [1.54, 1.807) is 11.3 Å². The van der Waals surface area contributed by atoms with Gasteiger partial charge in [0.25, 0.3) is 11.5 Å². The first-order chi connectivity index (χ1) is 15.2. The third-order valence-corrected chi connectivity index (χ3v) is 7.64. The largest absolute Gasteiger partial charge is 0.465 e. The topological polar surface area (TPSA) is 111 Å². The minimum Gasteiger partial charge on any atom is -0.465 e. The molecular formula is C24H33N3O4S. The molecule has 2 aromatic heterocycles. The first-order valence-electron chi connectivity index (χ1n) is 11.3. The van der Waals surface area contributed by atoms with E-state index >= 15 is 0 Å². The van der Waals surface area contributed by atoms with E-state index in [1.165, 1.54) is 4.88 Å². The van der Waals surface area contributed by atoms with Gasteiger partial charge in [-0.15, -0.1) is 11.3 Å². The number of H-pyrrole nitrogens is 1. The summed E-state index contributed by atoms with van der Waals surface area (Å²) in [6.45, 7) is 5.93. The Hall–Kier alpha value is -2.61. The van der Waals surface area contributed by atoms with Gasteiger partial charge in [-0.1, -0.05) is 6.42 Å². The molecule has 0 bridgehead atoms. The predicted octanol–water partition coefficient (Wildman–Crippen LogP) is 4.44. The van der Waals surface area contributed by atoms with Crippen LogP contribution in [0.1, 0.15) is 76.1 Å². The molecule has 2 amide bonds. The van der Waals surface area contributed by atoms with Gasteiger partial charge in [0.2, 0.25) is 0 Å². The summed E-state index contributed by atoms with van der Waals surface area (Å²) < 4.78 is 0. The molecule has 0 aliphatic heterocycles. The lowest BCUT2D eigenvalue weighted by Crippen LogP contribution is -2.36. The lowest BCUT2D eigenvalue weighted by molar-refractivity contribution is 0.0950. The van der Waals surface area contributed by atoms with Gasteiger partial charge in [0.05, 0.1) is 5.56 Å². The maximum atomic E-state index is 12.7. The summed E-state index contributed by atoms with van der Waals surface area (Å²) in [5.41, 5.74) is 3.83. The van der Waals surface area contributed by atoms with Gasteiger partial charge in [0, 0.05) is 34.1 Å². The number of thiophene rings is 1. The van der Waals surface area contributed by atoms with E-state index < -0.39 is 6.09 Å². The highest BCUT2D eigenvalue weighted by Crippen LogP contribution is 2.30. The third kappa shape index (κ3) is 6.22. The number of nitrogens with one attached hydrogen (secondary N) is 3. The fourth-order valence-electron chi connectivity index (χ4n) is 4.61. The smallest absolute Gasteiger partial charge is 0.404 e. The van der Waals surface area contributed by atoms with Gasteiger partial charge in [-0.3, -0.25) is 9.59 Å². The zero-order chi connectivity index (χ0) is 23.3. The molecule has 2 heterocycles. The first kappa shape index (κ1) is 24.0. The molecule has 1 saturated carbocycles. The van der Waals surface area contributed by atoms with Gasteiger partial charge >= 0.3 is 6.09 Å². The molecule has 8 heteroatoms. The molecule has 0 aromatic carbocycles. The number of pyridine rings is 1. The molecule has 174 valence electrons. The number of rotatable bonds is 8. The molecular weight excluding hydrogens is 426 g/mol. The van der Waals surface area contributed by atoms with Crippen LogP contribution < -0.4 is 16.2 Å². The Morgan fingerprint density at radius 2 is 1.91 bits per heavy atom. The van der Waals surface area contributed by atoms with E-state index in [2.05, 4.69) is 15.6 Å². The van der Waals surface area contributed by atoms with Crippen molar-refractivity contribution in [3.05, 3.63) is 54.6 Å². The number of aryl methyl sites for hydroxylation is 3. The Kier molecular flexibility index (Phi) is 8.12. The molecule has 0 spiro atoms. The molecule has 4 N–H and O–H groups in total. The van der Waals surface area contributed by atoms with Crippen molar-refractivity contribution in [2.24, 2.45) is 5.92 Å². The maximum absolute atomic E-state index is 12.7. The van der Waals surface area contributed by atoms with Gasteiger partial charge in [-0.25, -0.2) is 4.79 Å². The van der Waals surface area contributed by atoms with E-state index in [0.29, 0.717) is 17.0 Å². The second-order valence-corrected chi connectivity index (χ2v) is 9.85. The minimum absolute atomic E-state index is 0.101. The van der Waals surface area contributed by atoms with Crippen LogP contribution in [0.3, 0.4) is 0 Å². The molecule has 1 aliphatic rings. The van der Waals surface area contributed by atoms with Gasteiger partial charge < -0.3 is 20.7 Å². The van der Waals surface area contributed by atoms with Gasteiger partial charge in [-0.05, 0) is 82.4 Å². The monoisotopic (exact) mass is 459 g/mol. The highest BCUT2D eigenvalue weighted by atomic mass is 32.1. The number of carbonyl (C=O) groups is 2. The minimum atomic E-state index is -0.928. The second-order valence-electron chi connectivity index (χ2n) is 8.88. The van der Waals surface area contributed by atoms with Crippen LogP contribution in [0.5, 0.6) is 0 Å². The fraction of sp³-hybridized carbons (Fsp3) is 0.542. The van der Waals surface area contributed by atoms with Crippen LogP contribution in [0.2, 0.25) is 0 Å². The number of aromatic amines is 1. The predicted molar refractivity (Wildman–Crippen MR) is 127 cm³/mol. The number of carboxylic acid groups (broad SMARTS) is 1. The van der Waals surface area contributed by atoms with Crippen LogP contribution in [0, 0.1) is 26.7 Å². The summed E-state index contributed by atoms with van der Waals surface area (Å²) in [6, 6.07) is 2.01. The Balaban J connectivity index is 1.47. The van der Waals surface area contributed by atoms with Crippen LogP contribution in [0.4, 0.5) is 4.79 Å². The summed E-state index contributed by atoms with van der Waals surface area (Å²) in [5.74, 6) is 0.509. The van der Waals surface area contributed by atoms with Gasteiger partial charge in [0.1, 0.15) is 0 Å². The van der Waals surface area contributed by atoms with Crippen LogP contribution in [0.15, 0.2) is 16.2 Å². The van der Waals surface area contributed by atoms with Gasteiger partial charge in [-0.2, -0.15) is 0 Å². The van der Waals surface area contributed by atoms with Crippen LogP contribution in [0.25, 0.3) is 0 Å². The highest BCUT2D eigenvalue weighted by Gasteiger charge is 2.22. The van der Waals surface area contributed by atoms with E-state index in [-0.39, 0.29) is 24.1 Å². The summed E-state index contributed by atoms with van der Waals surface area (Å²) in [4.78, 5) is 39.6. The maximum Gasteiger partial charge on any atom is 0.404 e. The third-order valence-electron chi connectivity index (χ3n) is 6.50. The van der Waals surface area contributed by atoms with E-state index in [4.69, 9.17) is 5.11 Å². The fourth-order valence-corrected chi connectivity index (χ4v) is 5.71. The highest BCUT2D eigenvalue weighted by molar-refractivity contribution is 7.10. The zero-order valence-electron chi connectivity index (χ0n) is 19.0. The number of carbonyl (C=O) groups excluding carboxylic acids is 1. The molecule has 1 fully saturated rings. The Labute approximate surface area is 192 Å². The SMILES string of the molecule is Cc1cc(C)c(CNC(=O)c2csc(CCC[C@H]3CC[C@H](NC(=O)O)CC3)c2C)c(=O)[nH]1. The standard InChI is InChI=1S/C24H33N3O4S/c1-14-11-15(2)26-23(29)19(14)12-25-22(28)20-13-32-21(16(20)3)6-4-5-17-7-9-18(10-8-17)27-24(30)31/h11,13,17-18,27H,4-10,12H2,1-3H3,(H,25,28)(H,26,29)(H,30,31)/t17-,18-. The summed E-state index contributed by atoms with van der Waals surface area (Å²) in [5, 5.41) is 16.2. The molecule has 0 saturated heterocycles. The summed E-state index contributed by atoms with van der Waals surface area (Å²) in [6.07, 6.45) is 6.20. The number of amides is 2. The van der Waals surface area contributed by atoms with Crippen molar-refractivity contribution in [1.29, 1.82) is 0 Å². The summed E-state index contributed by atoms with van der Waals surface area (Å²) in [7, 11) is 0. The Morgan fingerprint density at radius 3 is 2.56 bits per heavy atom. The molecule has 0 radical (unpaired) electrons. The Bertz CT molecular complexity index is 1020. The van der Waals surface area contributed by atoms with Crippen molar-refractivity contribution < 1.29 is 14.7 Å². The van der Waals surface area contributed by atoms with Crippen molar-refractivity contribution in [3.8, 4) is 0 Å². The first-order valence-corrected chi connectivity index (χ1v) is 12.2. The quantitative estimate of drug-likeness (QED) is 0.467. The lowest BCUT2D eigenvalue weighted by Gasteiger charge is -2.28. The van der Waals surface area contributed by atoms with Gasteiger partial charge in [0.15, 0.2) is 0 Å². The van der Waals surface area contributed by atoms with Crippen LogP contribution in [-0.4, -0.2) is 28.1 Å². The van der Waals surface area contributed by atoms with E-state index in [1.807, 2.05) is 32.2 Å². The molecule has 0 unspecified atom stereocenters. The summed E-state index contributed by atoms with van der Waals surface area (Å²) >= 11 is 1.62. The van der Waals surface area contributed by atoms with Crippen molar-refractivity contribution in [2.75, 3.05) is 0 Å². The average Bonchev–Trinajstić information content (AvgIpc) is 3.08. The molecule has 2 aromatic rings. The van der Waals surface area contributed by atoms with E-state index in [9.17, 15) is 14.4 Å². The number of aromatic nitrogens is 1. The Morgan fingerprint density at radius 1 is 1.19 bits per heavy atom.